The summed E-state index contributed by atoms with van der Waals surface area (Å²) >= 11 is 4.52. The molecular weight excluding hydrogens is 209 g/mol. The van der Waals surface area contributed by atoms with E-state index in [-0.39, 0.29) is 0 Å². The molecule has 0 radical (unpaired) electrons. The second-order valence-electron chi connectivity index (χ2n) is 2.26. The minimum Gasteiger partial charge on any atom is -0.195 e. The average Bonchev–Trinajstić information content (AvgIpc) is 1.92. The molecule has 0 saturated carbocycles. The summed E-state index contributed by atoms with van der Waals surface area (Å²) in [6.07, 6.45) is -0.630. The maximum atomic E-state index is 12.2. The normalized spacial score (nSPS) is 30.1. The van der Waals surface area contributed by atoms with Crippen LogP contribution in [0, 0.1) is 0 Å². The molecular formula is C5HClF6. The van der Waals surface area contributed by atoms with Crippen molar-refractivity contribution in [1.29, 1.82) is 0 Å². The molecule has 0 saturated heterocycles. The Morgan fingerprint density at radius 3 is 1.50 bits per heavy atom. The molecule has 0 aromatic heterocycles. The minimum atomic E-state index is -5.43. The summed E-state index contributed by atoms with van der Waals surface area (Å²) < 4.78 is 72.7. The molecule has 0 atom stereocenters. The van der Waals surface area contributed by atoms with Crippen LogP contribution >= 0.6 is 11.6 Å². The lowest BCUT2D eigenvalue weighted by molar-refractivity contribution is -0.260. The Morgan fingerprint density at radius 1 is 1.00 bits per heavy atom. The van der Waals surface area contributed by atoms with Gasteiger partial charge in [0.2, 0.25) is 0 Å². The fourth-order valence-electron chi connectivity index (χ4n) is 0.700. The number of hydrogen-bond acceptors (Lipinski definition) is 0. The molecule has 70 valence electrons. The summed E-state index contributed by atoms with van der Waals surface area (Å²) in [5.74, 6) is -15.3. The fraction of sp³-hybridized carbons (Fsp3) is 0.600. The van der Waals surface area contributed by atoms with Crippen LogP contribution in [0.15, 0.2) is 11.1 Å². The van der Waals surface area contributed by atoms with Crippen molar-refractivity contribution in [1.82, 2.24) is 0 Å². The van der Waals surface area contributed by atoms with Gasteiger partial charge in [-0.3, -0.25) is 0 Å². The topological polar surface area (TPSA) is 0 Å². The number of alkyl halides is 6. The molecule has 0 unspecified atom stereocenters. The molecule has 0 heterocycles. The molecule has 0 bridgehead atoms. The van der Waals surface area contributed by atoms with E-state index in [2.05, 4.69) is 11.6 Å². The Hall–Kier alpha value is -0.390. The predicted molar refractivity (Wildman–Crippen MR) is 28.8 cm³/mol. The molecule has 0 spiro atoms. The number of allylic oxidation sites excluding steroid dienone is 2. The zero-order chi connectivity index (χ0) is 9.78. The first-order valence-electron chi connectivity index (χ1n) is 2.65. The van der Waals surface area contributed by atoms with E-state index in [1.54, 1.807) is 0 Å². The second-order valence-corrected chi connectivity index (χ2v) is 2.67. The van der Waals surface area contributed by atoms with Crippen molar-refractivity contribution in [2.24, 2.45) is 0 Å². The molecule has 1 aliphatic carbocycles. The van der Waals surface area contributed by atoms with Gasteiger partial charge in [-0.2, -0.15) is 26.3 Å². The molecule has 1 rings (SSSR count). The Balaban J connectivity index is 3.22. The molecule has 0 aromatic carbocycles. The summed E-state index contributed by atoms with van der Waals surface area (Å²) in [4.78, 5) is 0. The summed E-state index contributed by atoms with van der Waals surface area (Å²) in [5.41, 5.74) is 0. The van der Waals surface area contributed by atoms with Gasteiger partial charge in [-0.15, -0.1) is 0 Å². The minimum absolute atomic E-state index is 0.630. The van der Waals surface area contributed by atoms with Gasteiger partial charge in [-0.05, 0) is 0 Å². The van der Waals surface area contributed by atoms with Crippen LogP contribution in [-0.4, -0.2) is 17.8 Å². The molecule has 0 N–H and O–H groups in total. The zero-order valence-corrected chi connectivity index (χ0v) is 5.98. The van der Waals surface area contributed by atoms with Gasteiger partial charge in [0.15, 0.2) is 0 Å². The van der Waals surface area contributed by atoms with E-state index >= 15 is 0 Å². The quantitative estimate of drug-likeness (QED) is 0.539. The molecule has 0 nitrogen and oxygen atoms in total. The van der Waals surface area contributed by atoms with Gasteiger partial charge >= 0.3 is 17.8 Å². The number of rotatable bonds is 0. The lowest BCUT2D eigenvalue weighted by atomic mass is 10.2. The highest BCUT2D eigenvalue weighted by molar-refractivity contribution is 6.31. The second kappa shape index (κ2) is 2.10. The van der Waals surface area contributed by atoms with Gasteiger partial charge in [0.05, 0.1) is 5.03 Å². The predicted octanol–water partition coefficient (Wildman–Crippen LogP) is 3.03. The van der Waals surface area contributed by atoms with Crippen molar-refractivity contribution in [3.05, 3.63) is 11.1 Å². The monoisotopic (exact) mass is 210 g/mol. The highest BCUT2D eigenvalue weighted by Crippen LogP contribution is 2.56. The van der Waals surface area contributed by atoms with E-state index in [0.29, 0.717) is 0 Å². The third-order valence-electron chi connectivity index (χ3n) is 1.42. The van der Waals surface area contributed by atoms with E-state index in [1.807, 2.05) is 0 Å². The zero-order valence-electron chi connectivity index (χ0n) is 5.22. The van der Waals surface area contributed by atoms with Crippen LogP contribution in [0.25, 0.3) is 0 Å². The van der Waals surface area contributed by atoms with Crippen molar-refractivity contribution in [2.45, 2.75) is 17.8 Å². The van der Waals surface area contributed by atoms with Gasteiger partial charge in [0, 0.05) is 6.08 Å². The van der Waals surface area contributed by atoms with E-state index < -0.39 is 28.9 Å². The number of halogens is 7. The van der Waals surface area contributed by atoms with Crippen molar-refractivity contribution in [3.8, 4) is 0 Å². The molecule has 7 heteroatoms. The van der Waals surface area contributed by atoms with Crippen molar-refractivity contribution >= 4 is 11.6 Å². The van der Waals surface area contributed by atoms with Crippen LogP contribution < -0.4 is 0 Å². The molecule has 12 heavy (non-hydrogen) atoms. The lowest BCUT2D eigenvalue weighted by Gasteiger charge is -2.23. The molecule has 0 aliphatic heterocycles. The van der Waals surface area contributed by atoms with Crippen molar-refractivity contribution < 1.29 is 26.3 Å². The van der Waals surface area contributed by atoms with Gasteiger partial charge < -0.3 is 0 Å². The Labute approximate surface area is 67.8 Å². The summed E-state index contributed by atoms with van der Waals surface area (Å²) in [7, 11) is 0. The maximum absolute atomic E-state index is 12.2. The molecule has 0 amide bonds. The van der Waals surface area contributed by atoms with Crippen molar-refractivity contribution in [3.63, 3.8) is 0 Å². The summed E-state index contributed by atoms with van der Waals surface area (Å²) in [6, 6.07) is 0. The van der Waals surface area contributed by atoms with Crippen LogP contribution in [0.5, 0.6) is 0 Å². The average molecular weight is 211 g/mol. The molecule has 0 fully saturated rings. The highest BCUT2D eigenvalue weighted by atomic mass is 35.5. The van der Waals surface area contributed by atoms with E-state index in [0.717, 1.165) is 0 Å². The summed E-state index contributed by atoms with van der Waals surface area (Å²) in [5, 5.41) is -1.82. The SMILES string of the molecule is FC1(F)C=C(Cl)C(F)(F)C1(F)F. The number of hydrogen-bond donors (Lipinski definition) is 0. The largest absolute Gasteiger partial charge is 0.380 e. The Kier molecular flexibility index (Phi) is 1.70. The van der Waals surface area contributed by atoms with Gasteiger partial charge in [-0.1, -0.05) is 11.6 Å². The van der Waals surface area contributed by atoms with Crippen LogP contribution in [0.2, 0.25) is 0 Å². The first-order valence-corrected chi connectivity index (χ1v) is 3.03. The van der Waals surface area contributed by atoms with Gasteiger partial charge in [0.25, 0.3) is 0 Å². The molecule has 1 aliphatic rings. The van der Waals surface area contributed by atoms with Crippen LogP contribution in [0.1, 0.15) is 0 Å². The maximum Gasteiger partial charge on any atom is 0.380 e. The third-order valence-corrected chi connectivity index (χ3v) is 1.77. The van der Waals surface area contributed by atoms with Crippen LogP contribution in [0.3, 0.4) is 0 Å². The van der Waals surface area contributed by atoms with E-state index in [9.17, 15) is 26.3 Å². The third kappa shape index (κ3) is 0.870. The smallest absolute Gasteiger partial charge is 0.195 e. The highest BCUT2D eigenvalue weighted by Gasteiger charge is 2.76. The van der Waals surface area contributed by atoms with Crippen molar-refractivity contribution in [2.75, 3.05) is 0 Å². The Bertz CT molecular complexity index is 242. The lowest BCUT2D eigenvalue weighted by Crippen LogP contribution is -2.48. The van der Waals surface area contributed by atoms with Crippen LogP contribution in [-0.2, 0) is 0 Å². The Morgan fingerprint density at radius 2 is 1.42 bits per heavy atom. The van der Waals surface area contributed by atoms with Gasteiger partial charge in [-0.25, -0.2) is 0 Å². The van der Waals surface area contributed by atoms with Gasteiger partial charge in [0.1, 0.15) is 0 Å². The summed E-state index contributed by atoms with van der Waals surface area (Å²) in [6.45, 7) is 0. The first-order chi connectivity index (χ1) is 5.13. The first kappa shape index (κ1) is 9.70. The van der Waals surface area contributed by atoms with E-state index in [1.165, 1.54) is 0 Å². The van der Waals surface area contributed by atoms with E-state index in [4.69, 9.17) is 0 Å². The molecule has 0 aromatic rings. The standard InChI is InChI=1S/C5HClF6/c6-2-1-3(7,8)5(11,12)4(2,9)10/h1H. The fourth-order valence-corrected chi connectivity index (χ4v) is 0.955. The van der Waals surface area contributed by atoms with Crippen LogP contribution in [0.4, 0.5) is 26.3 Å².